The number of nitrogens with zero attached hydrogens (tertiary/aromatic N) is 2. The number of amides is 1. The molecule has 2 aliphatic heterocycles. The first-order chi connectivity index (χ1) is 9.30. The summed E-state index contributed by atoms with van der Waals surface area (Å²) < 4.78 is 31.2. The molecule has 0 aromatic rings. The fourth-order valence-corrected chi connectivity index (χ4v) is 5.41. The Morgan fingerprint density at radius 2 is 1.90 bits per heavy atom. The molecule has 2 rings (SSSR count). The van der Waals surface area contributed by atoms with E-state index < -0.39 is 10.0 Å². The fourth-order valence-electron chi connectivity index (χ4n) is 3.72. The smallest absolute Gasteiger partial charge is 0.219 e. The van der Waals surface area contributed by atoms with E-state index in [9.17, 15) is 13.2 Å². The van der Waals surface area contributed by atoms with Crippen molar-refractivity contribution in [1.82, 2.24) is 9.21 Å². The third-order valence-electron chi connectivity index (χ3n) is 4.60. The average Bonchev–Trinajstić information content (AvgIpc) is 2.69. The molecule has 1 unspecified atom stereocenters. The topological polar surface area (TPSA) is 66.9 Å². The van der Waals surface area contributed by atoms with Gasteiger partial charge < -0.3 is 9.64 Å². The molecule has 20 heavy (non-hydrogen) atoms. The van der Waals surface area contributed by atoms with Gasteiger partial charge in [-0.05, 0) is 25.7 Å². The largest absolute Gasteiger partial charge is 0.383 e. The van der Waals surface area contributed by atoms with Gasteiger partial charge in [0.05, 0.1) is 12.9 Å². The van der Waals surface area contributed by atoms with Crippen LogP contribution in [-0.4, -0.2) is 68.2 Å². The van der Waals surface area contributed by atoms with E-state index in [1.807, 2.05) is 0 Å². The van der Waals surface area contributed by atoms with Crippen LogP contribution in [0.1, 0.15) is 32.6 Å². The van der Waals surface area contributed by atoms with E-state index in [1.165, 1.54) is 6.26 Å². The molecule has 0 aromatic heterocycles. The minimum Gasteiger partial charge on any atom is -0.383 e. The van der Waals surface area contributed by atoms with Crippen molar-refractivity contribution >= 4 is 15.9 Å². The Labute approximate surface area is 121 Å². The van der Waals surface area contributed by atoms with Crippen molar-refractivity contribution in [2.45, 2.75) is 44.2 Å². The minimum atomic E-state index is -3.27. The number of rotatable bonds is 3. The first-order valence-electron chi connectivity index (χ1n) is 7.04. The molecule has 0 radical (unpaired) electrons. The molecular weight excluding hydrogens is 280 g/mol. The maximum atomic E-state index is 12.2. The molecular formula is C13H24N2O4S. The van der Waals surface area contributed by atoms with Gasteiger partial charge in [0, 0.05) is 38.7 Å². The minimum absolute atomic E-state index is 0.0668. The zero-order chi connectivity index (χ0) is 15.0. The van der Waals surface area contributed by atoms with Gasteiger partial charge in [0.2, 0.25) is 15.9 Å². The van der Waals surface area contributed by atoms with Gasteiger partial charge in [0.1, 0.15) is 0 Å². The highest BCUT2D eigenvalue weighted by molar-refractivity contribution is 7.88. The van der Waals surface area contributed by atoms with Gasteiger partial charge in [-0.25, -0.2) is 8.42 Å². The lowest BCUT2D eigenvalue weighted by Gasteiger charge is -2.45. The number of hydrogen-bond acceptors (Lipinski definition) is 4. The Kier molecular flexibility index (Phi) is 4.41. The number of likely N-dealkylation sites (tertiary alicyclic amines) is 1. The second-order valence-corrected chi connectivity index (χ2v) is 7.80. The molecule has 2 heterocycles. The molecule has 1 spiro atoms. The van der Waals surface area contributed by atoms with E-state index in [4.69, 9.17) is 4.74 Å². The van der Waals surface area contributed by atoms with E-state index >= 15 is 0 Å². The van der Waals surface area contributed by atoms with E-state index in [-0.39, 0.29) is 17.5 Å². The van der Waals surface area contributed by atoms with Crippen molar-refractivity contribution in [3.8, 4) is 0 Å². The highest BCUT2D eigenvalue weighted by atomic mass is 32.2. The highest BCUT2D eigenvalue weighted by Crippen LogP contribution is 2.43. The summed E-state index contributed by atoms with van der Waals surface area (Å²) in [6.45, 7) is 3.28. The van der Waals surface area contributed by atoms with Crippen LogP contribution in [0.4, 0.5) is 0 Å². The lowest BCUT2D eigenvalue weighted by molar-refractivity contribution is -0.130. The molecule has 2 aliphatic rings. The summed E-state index contributed by atoms with van der Waals surface area (Å²) >= 11 is 0. The third-order valence-corrected chi connectivity index (χ3v) is 6.00. The maximum Gasteiger partial charge on any atom is 0.219 e. The first-order valence-corrected chi connectivity index (χ1v) is 8.89. The molecule has 0 aliphatic carbocycles. The normalized spacial score (nSPS) is 27.1. The summed E-state index contributed by atoms with van der Waals surface area (Å²) in [5, 5.41) is 0. The van der Waals surface area contributed by atoms with Crippen LogP contribution in [0.15, 0.2) is 0 Å². The Morgan fingerprint density at radius 1 is 1.30 bits per heavy atom. The average molecular weight is 304 g/mol. The summed E-state index contributed by atoms with van der Waals surface area (Å²) in [5.74, 6) is 0.0668. The zero-order valence-corrected chi connectivity index (χ0v) is 13.3. The Balaban J connectivity index is 2.21. The molecule has 2 saturated heterocycles. The van der Waals surface area contributed by atoms with E-state index in [1.54, 1.807) is 23.2 Å². The van der Waals surface area contributed by atoms with Gasteiger partial charge in [-0.3, -0.25) is 4.79 Å². The molecule has 2 fully saturated rings. The number of methoxy groups -OCH3 is 1. The summed E-state index contributed by atoms with van der Waals surface area (Å²) in [5.41, 5.74) is -0.317. The molecule has 1 atom stereocenters. The van der Waals surface area contributed by atoms with Gasteiger partial charge in [0.15, 0.2) is 0 Å². The van der Waals surface area contributed by atoms with E-state index in [2.05, 4.69) is 0 Å². The van der Waals surface area contributed by atoms with E-state index in [0.29, 0.717) is 19.7 Å². The van der Waals surface area contributed by atoms with Crippen LogP contribution < -0.4 is 0 Å². The number of piperidine rings is 1. The summed E-state index contributed by atoms with van der Waals surface area (Å²) in [6.07, 6.45) is 4.42. The van der Waals surface area contributed by atoms with Gasteiger partial charge >= 0.3 is 0 Å². The van der Waals surface area contributed by atoms with Crippen LogP contribution in [0.5, 0.6) is 0 Å². The van der Waals surface area contributed by atoms with Crippen molar-refractivity contribution in [3.63, 3.8) is 0 Å². The van der Waals surface area contributed by atoms with Crippen LogP contribution in [0.2, 0.25) is 0 Å². The predicted octanol–water partition coefficient (Wildman–Crippen LogP) is 0.438. The molecule has 1 amide bonds. The molecule has 6 nitrogen and oxygen atoms in total. The quantitative estimate of drug-likeness (QED) is 0.759. The van der Waals surface area contributed by atoms with Gasteiger partial charge in [0.25, 0.3) is 0 Å². The lowest BCUT2D eigenvalue weighted by Crippen LogP contribution is -2.56. The Hall–Kier alpha value is -0.660. The van der Waals surface area contributed by atoms with Gasteiger partial charge in [-0.15, -0.1) is 0 Å². The number of hydrogen-bond donors (Lipinski definition) is 0. The summed E-state index contributed by atoms with van der Waals surface area (Å²) in [4.78, 5) is 13.2. The molecule has 7 heteroatoms. The molecule has 0 aromatic carbocycles. The van der Waals surface area contributed by atoms with Crippen molar-refractivity contribution in [3.05, 3.63) is 0 Å². The first kappa shape index (κ1) is 15.7. The second-order valence-electron chi connectivity index (χ2n) is 5.94. The van der Waals surface area contributed by atoms with Crippen molar-refractivity contribution < 1.29 is 17.9 Å². The highest BCUT2D eigenvalue weighted by Gasteiger charge is 2.51. The number of sulfonamides is 1. The number of carbonyl (C=O) groups is 1. The van der Waals surface area contributed by atoms with Crippen molar-refractivity contribution in [2.75, 3.05) is 33.1 Å². The van der Waals surface area contributed by atoms with Crippen LogP contribution in [0, 0.1) is 0 Å². The van der Waals surface area contributed by atoms with Gasteiger partial charge in [-0.1, -0.05) is 0 Å². The van der Waals surface area contributed by atoms with Crippen LogP contribution >= 0.6 is 0 Å². The standard InChI is InChI=1S/C13H24N2O4S/c1-11(16)14-8-6-13(7-9-14)5-4-12(10-19-2)15(13)20(3,17)18/h12H,4-10H2,1-3H3. The number of ether oxygens (including phenoxy) is 1. The van der Waals surface area contributed by atoms with Crippen molar-refractivity contribution in [2.24, 2.45) is 0 Å². The summed E-state index contributed by atoms with van der Waals surface area (Å²) in [7, 11) is -1.67. The van der Waals surface area contributed by atoms with Crippen LogP contribution in [0.25, 0.3) is 0 Å². The molecule has 0 saturated carbocycles. The lowest BCUT2D eigenvalue weighted by atomic mass is 9.86. The SMILES string of the molecule is COCC1CCC2(CCN(C(C)=O)CC2)N1S(C)(=O)=O. The van der Waals surface area contributed by atoms with Gasteiger partial charge in [-0.2, -0.15) is 4.31 Å². The maximum absolute atomic E-state index is 12.2. The predicted molar refractivity (Wildman–Crippen MR) is 75.8 cm³/mol. The monoisotopic (exact) mass is 304 g/mol. The second kappa shape index (κ2) is 5.61. The van der Waals surface area contributed by atoms with Crippen LogP contribution in [0.3, 0.4) is 0 Å². The Bertz CT molecular complexity index is 469. The third kappa shape index (κ3) is 2.84. The molecule has 0 bridgehead atoms. The molecule has 116 valence electrons. The van der Waals surface area contributed by atoms with E-state index in [0.717, 1.165) is 25.7 Å². The van der Waals surface area contributed by atoms with Crippen molar-refractivity contribution in [1.29, 1.82) is 0 Å². The Morgan fingerprint density at radius 3 is 2.35 bits per heavy atom. The molecule has 0 N–H and O–H groups in total. The fraction of sp³-hybridized carbons (Fsp3) is 0.923. The zero-order valence-electron chi connectivity index (χ0n) is 12.5. The summed E-state index contributed by atoms with van der Waals surface area (Å²) in [6, 6.07) is -0.0705. The number of carbonyl (C=O) groups excluding carboxylic acids is 1. The van der Waals surface area contributed by atoms with Crippen LogP contribution in [-0.2, 0) is 19.6 Å².